The number of hydrogen-bond acceptors (Lipinski definition) is 11. The van der Waals surface area contributed by atoms with E-state index in [-0.39, 0.29) is 28.0 Å². The summed E-state index contributed by atoms with van der Waals surface area (Å²) in [4.78, 5) is 44.0. The molecule has 0 radical (unpaired) electrons. The molecule has 4 aromatic heterocycles. The molecule has 21 heteroatoms. The highest BCUT2D eigenvalue weighted by atomic mass is 19.3. The number of rotatable bonds is 18. The fraction of sp³-hybridized carbons (Fsp3) is 0.0380. The van der Waals surface area contributed by atoms with Crippen LogP contribution in [0.3, 0.4) is 0 Å². The summed E-state index contributed by atoms with van der Waals surface area (Å²) >= 11 is 0. The quantitative estimate of drug-likeness (QED) is 0.0624. The van der Waals surface area contributed by atoms with Crippen LogP contribution in [0.4, 0.5) is 8.78 Å². The van der Waals surface area contributed by atoms with Gasteiger partial charge in [0.15, 0.2) is 0 Å². The topological polar surface area (TPSA) is 248 Å². The van der Waals surface area contributed by atoms with Crippen LogP contribution in [0.1, 0.15) is 53.9 Å². The molecule has 10 aromatic carbocycles. The molecule has 0 fully saturated rings. The Morgan fingerprint density at radius 2 is 0.630 bits per heavy atom. The SMILES string of the molecule is CC(F)(F)Oc1cccc(-c2cnn(-c3ccc(C(=O)O)cc3)c2)c1.Cc1cccc(-c2cnn(-c3cccc(C(=O)O)c3)c2)c1.O=C(O)c1ccc(-n2cc(-c3cccc(Oc4ccccc4)c3)cn2)cc1.O=C(O)c1cccc(-n2cc(-c3cccc(Oc4ccccc4)c3)cn2)c1. The second-order valence-electron chi connectivity index (χ2n) is 22.3. The largest absolute Gasteiger partial charge is 0.478 e. The van der Waals surface area contributed by atoms with Crippen molar-refractivity contribution < 1.29 is 62.6 Å². The molecule has 0 unspecified atom stereocenters. The van der Waals surface area contributed by atoms with Gasteiger partial charge in [-0.05, 0) is 175 Å². The molecular weight excluding hydrogens is 1270 g/mol. The average molecular weight is 1340 g/mol. The van der Waals surface area contributed by atoms with Crippen molar-refractivity contribution in [3.63, 3.8) is 0 Å². The molecular formula is C79H60F2N8O11. The maximum Gasteiger partial charge on any atom is 0.394 e. The van der Waals surface area contributed by atoms with Gasteiger partial charge < -0.3 is 34.6 Å². The summed E-state index contributed by atoms with van der Waals surface area (Å²) in [6.07, 6.45) is 11.0. The van der Waals surface area contributed by atoms with E-state index in [1.807, 2.05) is 165 Å². The summed E-state index contributed by atoms with van der Waals surface area (Å²) in [6, 6.07) is 75.5. The zero-order chi connectivity index (χ0) is 70.1. The number of carbonyl (C=O) groups is 4. The van der Waals surface area contributed by atoms with E-state index >= 15 is 0 Å². The first-order valence-corrected chi connectivity index (χ1v) is 30.8. The number of alkyl halides is 2. The van der Waals surface area contributed by atoms with Gasteiger partial charge in [-0.1, -0.05) is 115 Å². The van der Waals surface area contributed by atoms with Gasteiger partial charge in [-0.2, -0.15) is 29.2 Å². The number of aryl methyl sites for hydroxylation is 1. The van der Waals surface area contributed by atoms with Crippen LogP contribution >= 0.6 is 0 Å². The smallest absolute Gasteiger partial charge is 0.394 e. The normalized spacial score (nSPS) is 10.7. The third-order valence-corrected chi connectivity index (χ3v) is 14.9. The van der Waals surface area contributed by atoms with E-state index in [4.69, 9.17) is 29.9 Å². The van der Waals surface area contributed by atoms with Gasteiger partial charge in [-0.15, -0.1) is 0 Å². The second-order valence-corrected chi connectivity index (χ2v) is 22.3. The van der Waals surface area contributed by atoms with Crippen molar-refractivity contribution in [3.8, 4) is 96.0 Å². The van der Waals surface area contributed by atoms with Gasteiger partial charge in [0.1, 0.15) is 28.7 Å². The molecule has 0 amide bonds. The van der Waals surface area contributed by atoms with Crippen LogP contribution in [0.25, 0.3) is 67.3 Å². The van der Waals surface area contributed by atoms with E-state index in [1.165, 1.54) is 29.8 Å². The minimum absolute atomic E-state index is 0.0589. The lowest BCUT2D eigenvalue weighted by Gasteiger charge is -2.13. The fourth-order valence-corrected chi connectivity index (χ4v) is 10.0. The molecule has 14 rings (SSSR count). The van der Waals surface area contributed by atoms with Crippen LogP contribution in [0.5, 0.6) is 28.7 Å². The minimum atomic E-state index is -3.26. The number of benzene rings is 10. The van der Waals surface area contributed by atoms with Gasteiger partial charge in [0.05, 0.1) is 69.8 Å². The molecule has 100 heavy (non-hydrogen) atoms. The number of halogens is 2. The Kier molecular flexibility index (Phi) is 21.1. The summed E-state index contributed by atoms with van der Waals surface area (Å²) in [5.41, 5.74) is 12.3. The third-order valence-electron chi connectivity index (χ3n) is 14.9. The monoisotopic (exact) mass is 1330 g/mol. The summed E-state index contributed by atoms with van der Waals surface area (Å²) in [6.45, 7) is 2.72. The first-order chi connectivity index (χ1) is 48.3. The molecule has 0 saturated heterocycles. The van der Waals surface area contributed by atoms with Gasteiger partial charge in [-0.25, -0.2) is 37.9 Å². The Morgan fingerprint density at radius 3 is 0.980 bits per heavy atom. The van der Waals surface area contributed by atoms with Gasteiger partial charge in [0, 0.05) is 54.0 Å². The molecule has 4 N–H and O–H groups in total. The molecule has 19 nitrogen and oxygen atoms in total. The Morgan fingerprint density at radius 1 is 0.320 bits per heavy atom. The van der Waals surface area contributed by atoms with Crippen LogP contribution in [-0.2, 0) is 0 Å². The molecule has 0 aliphatic rings. The lowest BCUT2D eigenvalue weighted by atomic mass is 10.1. The summed E-state index contributed by atoms with van der Waals surface area (Å²) in [5.74, 6) is -0.757. The van der Waals surface area contributed by atoms with E-state index in [0.717, 1.165) is 67.8 Å². The van der Waals surface area contributed by atoms with Gasteiger partial charge in [-0.3, -0.25) is 0 Å². The van der Waals surface area contributed by atoms with E-state index < -0.39 is 30.0 Å². The molecule has 0 aliphatic heterocycles. The van der Waals surface area contributed by atoms with E-state index in [1.54, 1.807) is 135 Å². The van der Waals surface area contributed by atoms with Crippen molar-refractivity contribution in [2.24, 2.45) is 0 Å². The number of ether oxygens (including phenoxy) is 3. The van der Waals surface area contributed by atoms with E-state index in [9.17, 15) is 28.0 Å². The maximum atomic E-state index is 13.0. The lowest BCUT2D eigenvalue weighted by Crippen LogP contribution is -2.18. The number of aromatic nitrogens is 8. The Bertz CT molecular complexity index is 5150. The highest BCUT2D eigenvalue weighted by Crippen LogP contribution is 2.32. The average Bonchev–Trinajstić information content (AvgIpc) is 1.69. The minimum Gasteiger partial charge on any atom is -0.478 e. The van der Waals surface area contributed by atoms with E-state index in [0.29, 0.717) is 29.4 Å². The van der Waals surface area contributed by atoms with Crippen LogP contribution in [0.2, 0.25) is 0 Å². The molecule has 4 heterocycles. The molecule has 0 spiro atoms. The molecule has 0 saturated carbocycles. The van der Waals surface area contributed by atoms with Crippen LogP contribution in [0.15, 0.2) is 304 Å². The van der Waals surface area contributed by atoms with Gasteiger partial charge >= 0.3 is 30.0 Å². The fourth-order valence-electron chi connectivity index (χ4n) is 10.0. The molecule has 14 aromatic rings. The highest BCUT2D eigenvalue weighted by molar-refractivity contribution is 5.90. The van der Waals surface area contributed by atoms with Crippen molar-refractivity contribution in [2.45, 2.75) is 20.0 Å². The van der Waals surface area contributed by atoms with Crippen molar-refractivity contribution in [2.75, 3.05) is 0 Å². The number of nitrogens with zero attached hydrogens (tertiary/aromatic N) is 8. The Hall–Kier alpha value is -13.8. The number of aromatic carboxylic acids is 4. The molecule has 0 aliphatic carbocycles. The third kappa shape index (κ3) is 18.1. The van der Waals surface area contributed by atoms with Crippen LogP contribution < -0.4 is 14.2 Å². The molecule has 0 atom stereocenters. The molecule has 496 valence electrons. The number of carboxylic acids is 4. The maximum absolute atomic E-state index is 13.0. The summed E-state index contributed by atoms with van der Waals surface area (Å²) in [7, 11) is 0. The zero-order valence-electron chi connectivity index (χ0n) is 53.3. The van der Waals surface area contributed by atoms with Crippen LogP contribution in [-0.4, -0.2) is 89.5 Å². The first-order valence-electron chi connectivity index (χ1n) is 30.8. The van der Waals surface area contributed by atoms with Gasteiger partial charge in [0.2, 0.25) is 0 Å². The zero-order valence-corrected chi connectivity index (χ0v) is 53.3. The highest BCUT2D eigenvalue weighted by Gasteiger charge is 2.23. The van der Waals surface area contributed by atoms with Crippen molar-refractivity contribution in [3.05, 3.63) is 332 Å². The summed E-state index contributed by atoms with van der Waals surface area (Å²) in [5, 5.41) is 53.4. The second kappa shape index (κ2) is 31.2. The van der Waals surface area contributed by atoms with Gasteiger partial charge in [0.25, 0.3) is 0 Å². The Labute approximate surface area is 571 Å². The van der Waals surface area contributed by atoms with Crippen molar-refractivity contribution >= 4 is 23.9 Å². The number of carboxylic acid groups (broad SMARTS) is 4. The molecule has 0 bridgehead atoms. The lowest BCUT2D eigenvalue weighted by molar-refractivity contribution is -0.158. The van der Waals surface area contributed by atoms with E-state index in [2.05, 4.69) is 31.2 Å². The standard InChI is InChI=1S/2C22H16N2O3.C18H14F2N2O3.C17H14N2O2/c25-22(26)17-7-4-8-19(12-17)24-15-18(14-23-24)16-6-5-11-21(13-16)27-20-9-2-1-3-10-20;25-22(26)16-9-11-19(12-10-16)24-15-18(14-23-24)17-5-4-8-21(13-17)27-20-6-2-1-3-7-20;1-18(19,20)25-16-4-2-3-13(9-16)14-10-21-22(11-14)15-7-5-12(6-8-15)17(23)24;1-12-4-2-5-13(8-12)15-10-18-19(11-15)16-7-3-6-14(9-16)17(20)21/h2*1-15H,(H,25,26);2-11H,1H3,(H,23,24);2-11H,1H3,(H,20,21). The first kappa shape index (κ1) is 67.6. The van der Waals surface area contributed by atoms with Crippen molar-refractivity contribution in [1.82, 2.24) is 39.1 Å². The Balaban J connectivity index is 0.000000135. The predicted octanol–water partition coefficient (Wildman–Crippen LogP) is 17.8. The van der Waals surface area contributed by atoms with Crippen molar-refractivity contribution in [1.29, 1.82) is 0 Å². The summed E-state index contributed by atoms with van der Waals surface area (Å²) < 4.78 is 48.9. The number of para-hydroxylation sites is 2. The van der Waals surface area contributed by atoms with Crippen LogP contribution in [0, 0.1) is 6.92 Å². The predicted molar refractivity (Wildman–Crippen MR) is 373 cm³/mol. The number of hydrogen-bond donors (Lipinski definition) is 4.